The van der Waals surface area contributed by atoms with Gasteiger partial charge < -0.3 is 5.32 Å². The number of nitrogens with one attached hydrogen (secondary N) is 1. The summed E-state index contributed by atoms with van der Waals surface area (Å²) in [4.78, 5) is 0. The van der Waals surface area contributed by atoms with Crippen molar-refractivity contribution in [2.45, 2.75) is 25.3 Å². The molecule has 102 valence electrons. The van der Waals surface area contributed by atoms with Crippen molar-refractivity contribution >= 4 is 23.2 Å². The molecular weight excluding hydrogens is 293 g/mol. The quantitative estimate of drug-likeness (QED) is 0.787. The van der Waals surface area contributed by atoms with E-state index in [0.29, 0.717) is 0 Å². The minimum atomic E-state index is -4.23. The van der Waals surface area contributed by atoms with Crippen molar-refractivity contribution in [2.75, 3.05) is 6.54 Å². The lowest BCUT2D eigenvalue weighted by Gasteiger charge is -2.28. The SMILES string of the molecule is CCNC(c1cc(Cl)ccc1Cl)C(F)(F)C(F)F. The molecule has 18 heavy (non-hydrogen) atoms. The maximum atomic E-state index is 13.5. The summed E-state index contributed by atoms with van der Waals surface area (Å²) >= 11 is 11.4. The Bertz CT molecular complexity index is 412. The molecule has 1 aromatic rings. The van der Waals surface area contributed by atoms with Gasteiger partial charge in [-0.15, -0.1) is 0 Å². The van der Waals surface area contributed by atoms with E-state index in [9.17, 15) is 17.6 Å². The Labute approximate surface area is 112 Å². The first-order valence-electron chi connectivity index (χ1n) is 5.15. The maximum Gasteiger partial charge on any atom is 0.326 e. The van der Waals surface area contributed by atoms with E-state index in [0.717, 1.165) is 6.07 Å². The van der Waals surface area contributed by atoms with E-state index < -0.39 is 18.4 Å². The van der Waals surface area contributed by atoms with E-state index in [-0.39, 0.29) is 22.2 Å². The number of benzene rings is 1. The molecule has 0 spiro atoms. The Morgan fingerprint density at radius 3 is 2.39 bits per heavy atom. The van der Waals surface area contributed by atoms with Crippen LogP contribution in [0.25, 0.3) is 0 Å². The van der Waals surface area contributed by atoms with Gasteiger partial charge in [0.25, 0.3) is 0 Å². The predicted octanol–water partition coefficient (Wildman–Crippen LogP) is 4.54. The molecule has 1 rings (SSSR count). The lowest BCUT2D eigenvalue weighted by atomic mass is 10.0. The van der Waals surface area contributed by atoms with Gasteiger partial charge in [0, 0.05) is 10.0 Å². The van der Waals surface area contributed by atoms with E-state index >= 15 is 0 Å². The molecule has 7 heteroatoms. The van der Waals surface area contributed by atoms with Crippen molar-refractivity contribution in [2.24, 2.45) is 0 Å². The van der Waals surface area contributed by atoms with E-state index in [1.807, 2.05) is 0 Å². The van der Waals surface area contributed by atoms with Gasteiger partial charge >= 0.3 is 12.3 Å². The third kappa shape index (κ3) is 3.28. The standard InChI is InChI=1S/C11H11Cl2F4N/c1-2-18-9(11(16,17)10(14)15)7-5-6(12)3-4-8(7)13/h3-5,9-10,18H,2H2,1H3. The fourth-order valence-corrected chi connectivity index (χ4v) is 1.93. The summed E-state index contributed by atoms with van der Waals surface area (Å²) in [7, 11) is 0. The highest BCUT2D eigenvalue weighted by molar-refractivity contribution is 6.33. The van der Waals surface area contributed by atoms with Crippen molar-refractivity contribution in [3.63, 3.8) is 0 Å². The summed E-state index contributed by atoms with van der Waals surface area (Å²) in [6.45, 7) is 1.63. The van der Waals surface area contributed by atoms with Crippen LogP contribution >= 0.6 is 23.2 Å². The molecule has 0 aliphatic heterocycles. The van der Waals surface area contributed by atoms with E-state index in [4.69, 9.17) is 23.2 Å². The van der Waals surface area contributed by atoms with Gasteiger partial charge in [-0.3, -0.25) is 0 Å². The zero-order valence-electron chi connectivity index (χ0n) is 9.36. The highest BCUT2D eigenvalue weighted by atomic mass is 35.5. The molecule has 0 aliphatic rings. The lowest BCUT2D eigenvalue weighted by Crippen LogP contribution is -2.42. The zero-order chi connectivity index (χ0) is 13.9. The van der Waals surface area contributed by atoms with Crippen LogP contribution in [0, 0.1) is 0 Å². The molecule has 0 saturated heterocycles. The van der Waals surface area contributed by atoms with Crippen molar-refractivity contribution < 1.29 is 17.6 Å². The van der Waals surface area contributed by atoms with Crippen LogP contribution in [0.3, 0.4) is 0 Å². The normalized spacial score (nSPS) is 14.0. The molecule has 0 aliphatic carbocycles. The summed E-state index contributed by atoms with van der Waals surface area (Å²) in [6, 6.07) is 1.98. The second-order valence-electron chi connectivity index (χ2n) is 3.63. The smallest absolute Gasteiger partial charge is 0.305 e. The molecule has 1 atom stereocenters. The van der Waals surface area contributed by atoms with Gasteiger partial charge in [0.05, 0.1) is 0 Å². The monoisotopic (exact) mass is 303 g/mol. The van der Waals surface area contributed by atoms with Crippen molar-refractivity contribution in [1.29, 1.82) is 0 Å². The van der Waals surface area contributed by atoms with E-state index in [2.05, 4.69) is 5.32 Å². The molecule has 1 unspecified atom stereocenters. The minimum Gasteiger partial charge on any atom is -0.305 e. The van der Waals surface area contributed by atoms with Crippen LogP contribution in [0.1, 0.15) is 18.5 Å². The molecule has 0 radical (unpaired) electrons. The zero-order valence-corrected chi connectivity index (χ0v) is 10.9. The van der Waals surface area contributed by atoms with Gasteiger partial charge in [0.2, 0.25) is 0 Å². The summed E-state index contributed by atoms with van der Waals surface area (Å²) in [5, 5.41) is 2.43. The van der Waals surface area contributed by atoms with Gasteiger partial charge in [-0.25, -0.2) is 8.78 Å². The number of alkyl halides is 4. The van der Waals surface area contributed by atoms with Crippen LogP contribution in [0.15, 0.2) is 18.2 Å². The van der Waals surface area contributed by atoms with Crippen molar-refractivity contribution in [1.82, 2.24) is 5.32 Å². The molecule has 0 fully saturated rings. The van der Waals surface area contributed by atoms with Gasteiger partial charge in [-0.05, 0) is 30.3 Å². The third-order valence-corrected chi connectivity index (χ3v) is 2.93. The summed E-state index contributed by atoms with van der Waals surface area (Å²) < 4.78 is 51.8. The van der Waals surface area contributed by atoms with Crippen LogP contribution in [-0.2, 0) is 0 Å². The first-order chi connectivity index (χ1) is 8.30. The maximum absolute atomic E-state index is 13.5. The van der Waals surface area contributed by atoms with E-state index in [1.54, 1.807) is 0 Å². The largest absolute Gasteiger partial charge is 0.326 e. The third-order valence-electron chi connectivity index (χ3n) is 2.35. The topological polar surface area (TPSA) is 12.0 Å². The van der Waals surface area contributed by atoms with Crippen molar-refractivity contribution in [3.8, 4) is 0 Å². The molecular formula is C11H11Cl2F4N. The van der Waals surface area contributed by atoms with Gasteiger partial charge in [-0.2, -0.15) is 8.78 Å². The number of hydrogen-bond acceptors (Lipinski definition) is 1. The highest BCUT2D eigenvalue weighted by Gasteiger charge is 2.49. The molecule has 1 N–H and O–H groups in total. The van der Waals surface area contributed by atoms with Gasteiger partial charge in [0.1, 0.15) is 6.04 Å². The van der Waals surface area contributed by atoms with Crippen molar-refractivity contribution in [3.05, 3.63) is 33.8 Å². The van der Waals surface area contributed by atoms with Crippen LogP contribution in [0.2, 0.25) is 10.0 Å². The Morgan fingerprint density at radius 2 is 1.89 bits per heavy atom. The summed E-state index contributed by atoms with van der Waals surface area (Å²) in [5.74, 6) is -4.23. The first kappa shape index (κ1) is 15.5. The summed E-state index contributed by atoms with van der Waals surface area (Å²) in [6.07, 6.45) is -3.79. The van der Waals surface area contributed by atoms with Crippen LogP contribution in [0.5, 0.6) is 0 Å². The number of rotatable bonds is 5. The average molecular weight is 304 g/mol. The Hall–Kier alpha value is -0.520. The lowest BCUT2D eigenvalue weighted by molar-refractivity contribution is -0.151. The first-order valence-corrected chi connectivity index (χ1v) is 5.90. The summed E-state index contributed by atoms with van der Waals surface area (Å²) in [5.41, 5.74) is -0.142. The number of hydrogen-bond donors (Lipinski definition) is 1. The molecule has 1 nitrogen and oxygen atoms in total. The Balaban J connectivity index is 3.23. The van der Waals surface area contributed by atoms with Gasteiger partial charge in [-0.1, -0.05) is 30.1 Å². The molecule has 1 aromatic carbocycles. The Kier molecular flexibility index (Phi) is 5.25. The minimum absolute atomic E-state index is 0.0364. The predicted molar refractivity (Wildman–Crippen MR) is 63.8 cm³/mol. The molecule has 0 saturated carbocycles. The Morgan fingerprint density at radius 1 is 1.28 bits per heavy atom. The molecule has 0 amide bonds. The van der Waals surface area contributed by atoms with Crippen LogP contribution < -0.4 is 5.32 Å². The second-order valence-corrected chi connectivity index (χ2v) is 4.48. The average Bonchev–Trinajstić information content (AvgIpc) is 2.29. The fourth-order valence-electron chi connectivity index (χ4n) is 1.52. The molecule has 0 bridgehead atoms. The van der Waals surface area contributed by atoms with Crippen LogP contribution in [-0.4, -0.2) is 18.9 Å². The highest BCUT2D eigenvalue weighted by Crippen LogP contribution is 2.39. The second kappa shape index (κ2) is 6.08. The van der Waals surface area contributed by atoms with E-state index in [1.165, 1.54) is 19.1 Å². The number of halogens is 6. The molecule has 0 aromatic heterocycles. The van der Waals surface area contributed by atoms with Crippen LogP contribution in [0.4, 0.5) is 17.6 Å². The van der Waals surface area contributed by atoms with Gasteiger partial charge in [0.15, 0.2) is 0 Å². The molecule has 0 heterocycles. The fraction of sp³-hybridized carbons (Fsp3) is 0.455.